The topological polar surface area (TPSA) is 46.6 Å². The van der Waals surface area contributed by atoms with E-state index >= 15 is 0 Å². The van der Waals surface area contributed by atoms with Gasteiger partial charge in [0.2, 0.25) is 0 Å². The maximum atomic E-state index is 11.6. The number of nitrogens with zero attached hydrogens (tertiary/aromatic N) is 1. The second-order valence-corrected chi connectivity index (χ2v) is 4.40. The summed E-state index contributed by atoms with van der Waals surface area (Å²) in [5.74, 6) is -0.186. The van der Waals surface area contributed by atoms with Gasteiger partial charge in [-0.05, 0) is 27.3 Å². The van der Waals surface area contributed by atoms with E-state index in [-0.39, 0.29) is 24.6 Å². The number of ether oxygens (including phenoxy) is 1. The van der Waals surface area contributed by atoms with Gasteiger partial charge in [0.1, 0.15) is 5.78 Å². The van der Waals surface area contributed by atoms with Gasteiger partial charge in [0.25, 0.3) is 0 Å². The van der Waals surface area contributed by atoms with Gasteiger partial charge in [-0.3, -0.25) is 14.5 Å². The fourth-order valence-corrected chi connectivity index (χ4v) is 1.63. The number of rotatable bonds is 9. The van der Waals surface area contributed by atoms with Gasteiger partial charge in [0.15, 0.2) is 0 Å². The SMILES string of the molecule is CCCC(C)N(C)CC(=O)CCC(=O)OCC. The smallest absolute Gasteiger partial charge is 0.306 e. The number of likely N-dealkylation sites (N-methyl/N-ethyl adjacent to an activating group) is 1. The van der Waals surface area contributed by atoms with Gasteiger partial charge in [0, 0.05) is 12.5 Å². The van der Waals surface area contributed by atoms with E-state index in [9.17, 15) is 9.59 Å². The Balaban J connectivity index is 3.81. The summed E-state index contributed by atoms with van der Waals surface area (Å²) in [6.07, 6.45) is 2.68. The van der Waals surface area contributed by atoms with Crippen LogP contribution in [0.2, 0.25) is 0 Å². The molecule has 0 amide bonds. The zero-order valence-corrected chi connectivity index (χ0v) is 11.5. The lowest BCUT2D eigenvalue weighted by Crippen LogP contribution is -2.34. The largest absolute Gasteiger partial charge is 0.466 e. The first kappa shape index (κ1) is 16.1. The number of hydrogen-bond donors (Lipinski definition) is 0. The van der Waals surface area contributed by atoms with Crippen molar-refractivity contribution in [3.8, 4) is 0 Å². The van der Waals surface area contributed by atoms with Crippen molar-refractivity contribution in [3.63, 3.8) is 0 Å². The monoisotopic (exact) mass is 243 g/mol. The number of carbonyl (C=O) groups excluding carboxylic acids is 2. The van der Waals surface area contributed by atoms with Gasteiger partial charge in [-0.2, -0.15) is 0 Å². The van der Waals surface area contributed by atoms with E-state index in [2.05, 4.69) is 13.8 Å². The van der Waals surface area contributed by atoms with Crippen LogP contribution in [0, 0.1) is 0 Å². The molecule has 0 spiro atoms. The molecular formula is C13H25NO3. The van der Waals surface area contributed by atoms with Gasteiger partial charge in [-0.25, -0.2) is 0 Å². The Labute approximate surface area is 104 Å². The van der Waals surface area contributed by atoms with E-state index < -0.39 is 0 Å². The van der Waals surface area contributed by atoms with Crippen LogP contribution in [-0.4, -0.2) is 42.9 Å². The molecule has 1 atom stereocenters. The molecule has 0 aromatic rings. The summed E-state index contributed by atoms with van der Waals surface area (Å²) in [5.41, 5.74) is 0. The molecule has 0 aromatic heterocycles. The first-order chi connectivity index (χ1) is 8.01. The summed E-state index contributed by atoms with van der Waals surface area (Å²) in [5, 5.41) is 0. The fourth-order valence-electron chi connectivity index (χ4n) is 1.63. The third-order valence-corrected chi connectivity index (χ3v) is 2.80. The maximum Gasteiger partial charge on any atom is 0.306 e. The number of hydrogen-bond acceptors (Lipinski definition) is 4. The van der Waals surface area contributed by atoms with Crippen LogP contribution in [0.25, 0.3) is 0 Å². The number of ketones is 1. The molecule has 100 valence electrons. The average Bonchev–Trinajstić information content (AvgIpc) is 2.27. The molecule has 0 aliphatic carbocycles. The maximum absolute atomic E-state index is 11.6. The summed E-state index contributed by atoms with van der Waals surface area (Å²) in [6, 6.07) is 0.409. The molecule has 0 saturated carbocycles. The Morgan fingerprint density at radius 2 is 1.88 bits per heavy atom. The molecule has 4 nitrogen and oxygen atoms in total. The summed E-state index contributed by atoms with van der Waals surface area (Å²) >= 11 is 0. The second kappa shape index (κ2) is 9.16. The molecule has 4 heteroatoms. The first-order valence-electron chi connectivity index (χ1n) is 6.38. The van der Waals surface area contributed by atoms with E-state index in [4.69, 9.17) is 4.74 Å². The van der Waals surface area contributed by atoms with E-state index in [1.807, 2.05) is 11.9 Å². The molecule has 0 fully saturated rings. The predicted octanol–water partition coefficient (Wildman–Crippen LogP) is 2.02. The highest BCUT2D eigenvalue weighted by Gasteiger charge is 2.13. The minimum atomic E-state index is -0.287. The molecule has 17 heavy (non-hydrogen) atoms. The highest BCUT2D eigenvalue weighted by Crippen LogP contribution is 2.05. The predicted molar refractivity (Wildman–Crippen MR) is 67.9 cm³/mol. The lowest BCUT2D eigenvalue weighted by molar-refractivity contribution is -0.144. The lowest BCUT2D eigenvalue weighted by atomic mass is 10.1. The number of carbonyl (C=O) groups is 2. The van der Waals surface area contributed by atoms with Crippen molar-refractivity contribution in [1.29, 1.82) is 0 Å². The zero-order chi connectivity index (χ0) is 13.3. The third-order valence-electron chi connectivity index (χ3n) is 2.80. The quantitative estimate of drug-likeness (QED) is 0.581. The number of esters is 1. The summed E-state index contributed by atoms with van der Waals surface area (Å²) in [6.45, 7) is 6.80. The Hall–Kier alpha value is -0.900. The normalized spacial score (nSPS) is 12.5. The lowest BCUT2D eigenvalue weighted by Gasteiger charge is -2.23. The van der Waals surface area contributed by atoms with Crippen molar-refractivity contribution in [1.82, 2.24) is 4.90 Å². The van der Waals surface area contributed by atoms with Crippen molar-refractivity contribution in [3.05, 3.63) is 0 Å². The molecule has 0 aliphatic heterocycles. The Kier molecular flexibility index (Phi) is 8.68. The highest BCUT2D eigenvalue weighted by atomic mass is 16.5. The van der Waals surface area contributed by atoms with Gasteiger partial charge < -0.3 is 4.74 Å². The molecule has 0 N–H and O–H groups in total. The fraction of sp³-hybridized carbons (Fsp3) is 0.846. The summed E-state index contributed by atoms with van der Waals surface area (Å²) in [7, 11) is 1.95. The number of Topliss-reactive ketones (excluding diaryl/α,β-unsaturated/α-hetero) is 1. The van der Waals surface area contributed by atoms with Gasteiger partial charge in [-0.15, -0.1) is 0 Å². The molecule has 0 bridgehead atoms. The van der Waals surface area contributed by atoms with Crippen LogP contribution in [0.1, 0.15) is 46.5 Å². The van der Waals surface area contributed by atoms with Crippen LogP contribution < -0.4 is 0 Å². The first-order valence-corrected chi connectivity index (χ1v) is 6.38. The molecule has 0 heterocycles. The highest BCUT2D eigenvalue weighted by molar-refractivity contribution is 5.84. The van der Waals surface area contributed by atoms with Crippen molar-refractivity contribution < 1.29 is 14.3 Å². The molecule has 1 unspecified atom stereocenters. The Morgan fingerprint density at radius 3 is 2.41 bits per heavy atom. The van der Waals surface area contributed by atoms with E-state index in [0.717, 1.165) is 12.8 Å². The summed E-state index contributed by atoms with van der Waals surface area (Å²) in [4.78, 5) is 24.7. The zero-order valence-electron chi connectivity index (χ0n) is 11.5. The molecule has 0 rings (SSSR count). The van der Waals surface area contributed by atoms with Crippen LogP contribution in [0.5, 0.6) is 0 Å². The molecule has 0 aliphatic rings. The third kappa shape index (κ3) is 7.91. The van der Waals surface area contributed by atoms with E-state index in [0.29, 0.717) is 19.2 Å². The minimum absolute atomic E-state index is 0.100. The van der Waals surface area contributed by atoms with Crippen LogP contribution in [0.3, 0.4) is 0 Å². The van der Waals surface area contributed by atoms with Gasteiger partial charge in [0.05, 0.1) is 19.6 Å². The second-order valence-electron chi connectivity index (χ2n) is 4.40. The Bertz CT molecular complexity index is 241. The molecule has 0 saturated heterocycles. The Morgan fingerprint density at radius 1 is 1.24 bits per heavy atom. The average molecular weight is 243 g/mol. The van der Waals surface area contributed by atoms with Crippen LogP contribution >= 0.6 is 0 Å². The summed E-state index contributed by atoms with van der Waals surface area (Å²) < 4.78 is 4.78. The van der Waals surface area contributed by atoms with Crippen molar-refractivity contribution in [2.75, 3.05) is 20.2 Å². The van der Waals surface area contributed by atoms with Crippen molar-refractivity contribution >= 4 is 11.8 Å². The van der Waals surface area contributed by atoms with Crippen LogP contribution in [0.15, 0.2) is 0 Å². The van der Waals surface area contributed by atoms with E-state index in [1.165, 1.54) is 0 Å². The standard InChI is InChI=1S/C13H25NO3/c1-5-7-11(3)14(4)10-12(15)8-9-13(16)17-6-2/h11H,5-10H2,1-4H3. The van der Waals surface area contributed by atoms with Gasteiger partial charge in [-0.1, -0.05) is 13.3 Å². The van der Waals surface area contributed by atoms with Crippen molar-refractivity contribution in [2.45, 2.75) is 52.5 Å². The van der Waals surface area contributed by atoms with E-state index in [1.54, 1.807) is 6.92 Å². The van der Waals surface area contributed by atoms with Crippen LogP contribution in [0.4, 0.5) is 0 Å². The molecule has 0 radical (unpaired) electrons. The van der Waals surface area contributed by atoms with Gasteiger partial charge >= 0.3 is 5.97 Å². The minimum Gasteiger partial charge on any atom is -0.466 e. The molecular weight excluding hydrogens is 218 g/mol. The van der Waals surface area contributed by atoms with Crippen molar-refractivity contribution in [2.24, 2.45) is 0 Å². The van der Waals surface area contributed by atoms with Crippen LogP contribution in [-0.2, 0) is 14.3 Å². The molecule has 0 aromatic carbocycles.